The van der Waals surface area contributed by atoms with E-state index < -0.39 is 22.5 Å². The first kappa shape index (κ1) is 24.8. The van der Waals surface area contributed by atoms with E-state index in [1.165, 1.54) is 12.1 Å². The summed E-state index contributed by atoms with van der Waals surface area (Å²) in [5.41, 5.74) is 1.56. The van der Waals surface area contributed by atoms with Crippen LogP contribution in [0.2, 0.25) is 20.1 Å². The molecule has 0 bridgehead atoms. The lowest BCUT2D eigenvalue weighted by molar-refractivity contribution is -0.116. The predicted octanol–water partition coefficient (Wildman–Crippen LogP) is 6.44. The number of rotatable bonds is 7. The monoisotopic (exact) mass is 530 g/mol. The summed E-state index contributed by atoms with van der Waals surface area (Å²) in [4.78, 5) is 12.8. The molecule has 32 heavy (non-hydrogen) atoms. The minimum absolute atomic E-state index is 0.0415. The Morgan fingerprint density at radius 1 is 0.875 bits per heavy atom. The van der Waals surface area contributed by atoms with Crippen molar-refractivity contribution in [1.29, 1.82) is 0 Å². The number of aryl methyl sites for hydroxylation is 1. The maximum absolute atomic E-state index is 13.4. The second kappa shape index (κ2) is 10.4. The first-order valence-corrected chi connectivity index (χ1v) is 12.3. The standard InChI is InChI=1S/C22H18Cl4N2O3S/c1-14-8-10-15(11-9-14)32(30,31)28(12-16-17(23)4-2-5-18(16)24)13-21(29)27-20-7-3-6-19(25)22(20)26/h2-11H,12-13H2,1H3,(H,27,29). The Morgan fingerprint density at radius 3 is 2.06 bits per heavy atom. The largest absolute Gasteiger partial charge is 0.324 e. The zero-order valence-electron chi connectivity index (χ0n) is 16.8. The summed E-state index contributed by atoms with van der Waals surface area (Å²) < 4.78 is 27.8. The van der Waals surface area contributed by atoms with Gasteiger partial charge in [-0.25, -0.2) is 8.42 Å². The Labute approximate surface area is 206 Å². The number of halogens is 4. The van der Waals surface area contributed by atoms with Gasteiger partial charge in [-0.1, -0.05) is 76.2 Å². The third-order valence-corrected chi connectivity index (χ3v) is 7.93. The fourth-order valence-corrected chi connectivity index (χ4v) is 5.12. The second-order valence-corrected chi connectivity index (χ2v) is 10.5. The van der Waals surface area contributed by atoms with Crippen molar-refractivity contribution in [2.24, 2.45) is 0 Å². The molecular weight excluding hydrogens is 514 g/mol. The highest BCUT2D eigenvalue weighted by molar-refractivity contribution is 7.89. The molecule has 0 spiro atoms. The van der Waals surface area contributed by atoms with Gasteiger partial charge >= 0.3 is 0 Å². The number of nitrogens with one attached hydrogen (secondary N) is 1. The van der Waals surface area contributed by atoms with Gasteiger partial charge in [-0.2, -0.15) is 4.31 Å². The molecule has 0 aliphatic heterocycles. The van der Waals surface area contributed by atoms with Crippen molar-refractivity contribution in [2.75, 3.05) is 11.9 Å². The van der Waals surface area contributed by atoms with E-state index >= 15 is 0 Å². The molecule has 0 atom stereocenters. The zero-order valence-corrected chi connectivity index (χ0v) is 20.6. The zero-order chi connectivity index (χ0) is 23.5. The number of carbonyl (C=O) groups is 1. The van der Waals surface area contributed by atoms with Crippen LogP contribution in [0.25, 0.3) is 0 Å². The van der Waals surface area contributed by atoms with Crippen LogP contribution in [0.5, 0.6) is 0 Å². The number of hydrogen-bond acceptors (Lipinski definition) is 3. The first-order chi connectivity index (χ1) is 15.1. The van der Waals surface area contributed by atoms with Gasteiger partial charge < -0.3 is 5.32 Å². The molecule has 1 N–H and O–H groups in total. The van der Waals surface area contributed by atoms with Crippen LogP contribution in [0.4, 0.5) is 5.69 Å². The van der Waals surface area contributed by atoms with Crippen molar-refractivity contribution in [3.05, 3.63) is 91.9 Å². The third kappa shape index (κ3) is 5.76. The van der Waals surface area contributed by atoms with Gasteiger partial charge in [0.1, 0.15) is 0 Å². The lowest BCUT2D eigenvalue weighted by Crippen LogP contribution is -2.37. The van der Waals surface area contributed by atoms with Crippen LogP contribution in [0.1, 0.15) is 11.1 Å². The van der Waals surface area contributed by atoms with E-state index in [1.54, 1.807) is 48.5 Å². The number of carbonyl (C=O) groups excluding carboxylic acids is 1. The summed E-state index contributed by atoms with van der Waals surface area (Å²) in [5.74, 6) is -0.604. The molecule has 168 valence electrons. The van der Waals surface area contributed by atoms with Crippen molar-refractivity contribution < 1.29 is 13.2 Å². The molecule has 3 rings (SSSR count). The number of sulfonamides is 1. The van der Waals surface area contributed by atoms with Gasteiger partial charge in [0.2, 0.25) is 15.9 Å². The van der Waals surface area contributed by atoms with Crippen molar-refractivity contribution in [2.45, 2.75) is 18.4 Å². The molecule has 0 heterocycles. The van der Waals surface area contributed by atoms with Crippen molar-refractivity contribution in [1.82, 2.24) is 4.31 Å². The minimum atomic E-state index is -4.06. The molecule has 0 aromatic heterocycles. The van der Waals surface area contributed by atoms with Crippen molar-refractivity contribution in [3.8, 4) is 0 Å². The Kier molecular flexibility index (Phi) is 8.09. The number of amides is 1. The minimum Gasteiger partial charge on any atom is -0.324 e. The van der Waals surface area contributed by atoms with E-state index in [-0.39, 0.29) is 27.2 Å². The highest BCUT2D eigenvalue weighted by Crippen LogP contribution is 2.31. The van der Waals surface area contributed by atoms with Crippen LogP contribution in [0.15, 0.2) is 65.6 Å². The molecular formula is C22H18Cl4N2O3S. The van der Waals surface area contributed by atoms with Gasteiger partial charge in [0.15, 0.2) is 0 Å². The van der Waals surface area contributed by atoms with Gasteiger partial charge in [-0.3, -0.25) is 4.79 Å². The van der Waals surface area contributed by atoms with Gasteiger partial charge in [0, 0.05) is 22.2 Å². The number of nitrogens with zero attached hydrogens (tertiary/aromatic N) is 1. The van der Waals surface area contributed by atoms with E-state index in [0.717, 1.165) is 9.87 Å². The normalized spacial score (nSPS) is 11.6. The maximum atomic E-state index is 13.4. The molecule has 5 nitrogen and oxygen atoms in total. The molecule has 0 saturated carbocycles. The molecule has 10 heteroatoms. The first-order valence-electron chi connectivity index (χ1n) is 9.33. The molecule has 3 aromatic carbocycles. The van der Waals surface area contributed by atoms with E-state index in [9.17, 15) is 13.2 Å². The van der Waals surface area contributed by atoms with Gasteiger partial charge in [0.25, 0.3) is 0 Å². The van der Waals surface area contributed by atoms with Crippen LogP contribution < -0.4 is 5.32 Å². The average Bonchev–Trinajstić information content (AvgIpc) is 2.73. The average molecular weight is 532 g/mol. The Morgan fingerprint density at radius 2 is 1.44 bits per heavy atom. The lowest BCUT2D eigenvalue weighted by atomic mass is 10.2. The van der Waals surface area contributed by atoms with Gasteiger partial charge in [-0.15, -0.1) is 0 Å². The highest BCUT2D eigenvalue weighted by Gasteiger charge is 2.28. The fraction of sp³-hybridized carbons (Fsp3) is 0.136. The maximum Gasteiger partial charge on any atom is 0.243 e. The van der Waals surface area contributed by atoms with Gasteiger partial charge in [0.05, 0.1) is 27.2 Å². The molecule has 0 fully saturated rings. The highest BCUT2D eigenvalue weighted by atomic mass is 35.5. The number of anilines is 1. The summed E-state index contributed by atoms with van der Waals surface area (Å²) in [5, 5.41) is 3.60. The van der Waals surface area contributed by atoms with Crippen LogP contribution in [-0.4, -0.2) is 25.2 Å². The predicted molar refractivity (Wildman–Crippen MR) is 130 cm³/mol. The van der Waals surface area contributed by atoms with Crippen LogP contribution in [-0.2, 0) is 21.4 Å². The fourth-order valence-electron chi connectivity index (χ4n) is 2.90. The number of hydrogen-bond donors (Lipinski definition) is 1. The smallest absolute Gasteiger partial charge is 0.243 e. The summed E-state index contributed by atoms with van der Waals surface area (Å²) in [6.45, 7) is 1.14. The summed E-state index contributed by atoms with van der Waals surface area (Å²) >= 11 is 24.6. The lowest BCUT2D eigenvalue weighted by Gasteiger charge is -2.23. The van der Waals surface area contributed by atoms with Crippen molar-refractivity contribution >= 4 is 68.0 Å². The van der Waals surface area contributed by atoms with Crippen LogP contribution in [0, 0.1) is 6.92 Å². The Hall–Kier alpha value is -1.80. The molecule has 3 aromatic rings. The molecule has 0 aliphatic carbocycles. The topological polar surface area (TPSA) is 66.5 Å². The third-order valence-electron chi connectivity index (χ3n) is 4.60. The Balaban J connectivity index is 1.95. The van der Waals surface area contributed by atoms with E-state index in [1.807, 2.05) is 6.92 Å². The van der Waals surface area contributed by atoms with Crippen LogP contribution >= 0.6 is 46.4 Å². The van der Waals surface area contributed by atoms with Gasteiger partial charge in [-0.05, 0) is 43.3 Å². The molecule has 0 radical (unpaired) electrons. The second-order valence-electron chi connectivity index (χ2n) is 6.94. The summed E-state index contributed by atoms with van der Waals surface area (Å²) in [6.07, 6.45) is 0. The summed E-state index contributed by atoms with van der Waals surface area (Å²) in [7, 11) is -4.06. The summed E-state index contributed by atoms with van der Waals surface area (Å²) in [6, 6.07) is 15.9. The molecule has 0 saturated heterocycles. The van der Waals surface area contributed by atoms with E-state index in [4.69, 9.17) is 46.4 Å². The molecule has 0 aliphatic rings. The molecule has 0 unspecified atom stereocenters. The quantitative estimate of drug-likeness (QED) is 0.381. The number of benzene rings is 3. The van der Waals surface area contributed by atoms with Crippen LogP contribution in [0.3, 0.4) is 0 Å². The van der Waals surface area contributed by atoms with E-state index in [2.05, 4.69) is 5.32 Å². The van der Waals surface area contributed by atoms with E-state index in [0.29, 0.717) is 15.6 Å². The molecule has 1 amide bonds. The SMILES string of the molecule is Cc1ccc(S(=O)(=O)N(CC(=O)Nc2cccc(Cl)c2Cl)Cc2c(Cl)cccc2Cl)cc1. The van der Waals surface area contributed by atoms with Crippen molar-refractivity contribution in [3.63, 3.8) is 0 Å². The Bertz CT molecular complexity index is 1230.